The second-order valence-corrected chi connectivity index (χ2v) is 8.91. The topological polar surface area (TPSA) is 95.0 Å². The molecule has 0 saturated carbocycles. The third-order valence-corrected chi connectivity index (χ3v) is 6.48. The highest BCUT2D eigenvalue weighted by Gasteiger charge is 2.36. The summed E-state index contributed by atoms with van der Waals surface area (Å²) in [6.07, 6.45) is 1.13. The standard InChI is InChI=1S/C18H26N2O5S/c1-13(2)20(12-17(21)22)18(23)15-5-4-10-19(11-15)26(24,25)16-8-6-14(3)7-9-16/h6-9,13,15H,4-5,10-12H2,1-3H3,(H,21,22). The van der Waals surface area contributed by atoms with E-state index in [1.807, 2.05) is 6.92 Å². The molecule has 1 aliphatic rings. The van der Waals surface area contributed by atoms with Crippen molar-refractivity contribution < 1.29 is 23.1 Å². The molecule has 0 radical (unpaired) electrons. The van der Waals surface area contributed by atoms with Crippen LogP contribution in [0.15, 0.2) is 29.2 Å². The molecule has 1 aromatic carbocycles. The lowest BCUT2D eigenvalue weighted by Gasteiger charge is -2.35. The Hall–Kier alpha value is -1.93. The first kappa shape index (κ1) is 20.4. The first-order valence-electron chi connectivity index (χ1n) is 8.72. The summed E-state index contributed by atoms with van der Waals surface area (Å²) in [4.78, 5) is 25.3. The van der Waals surface area contributed by atoms with Crippen LogP contribution in [0.5, 0.6) is 0 Å². The maximum Gasteiger partial charge on any atom is 0.323 e. The summed E-state index contributed by atoms with van der Waals surface area (Å²) < 4.78 is 27.0. The summed E-state index contributed by atoms with van der Waals surface area (Å²) in [7, 11) is -3.67. The fourth-order valence-electron chi connectivity index (χ4n) is 3.12. The molecule has 0 spiro atoms. The molecule has 1 N–H and O–H groups in total. The Labute approximate surface area is 154 Å². The second-order valence-electron chi connectivity index (χ2n) is 6.97. The van der Waals surface area contributed by atoms with Gasteiger partial charge in [-0.15, -0.1) is 0 Å². The maximum absolute atomic E-state index is 12.9. The van der Waals surface area contributed by atoms with Crippen LogP contribution in [0.3, 0.4) is 0 Å². The molecule has 8 heteroatoms. The zero-order valence-electron chi connectivity index (χ0n) is 15.4. The average molecular weight is 382 g/mol. The molecule has 144 valence electrons. The SMILES string of the molecule is Cc1ccc(S(=O)(=O)N2CCCC(C(=O)N(CC(=O)O)C(C)C)C2)cc1. The minimum absolute atomic E-state index is 0.0812. The number of piperidine rings is 1. The Bertz CT molecular complexity index is 758. The van der Waals surface area contributed by atoms with E-state index >= 15 is 0 Å². The number of hydrogen-bond acceptors (Lipinski definition) is 4. The highest BCUT2D eigenvalue weighted by Crippen LogP contribution is 2.25. The van der Waals surface area contributed by atoms with E-state index in [0.29, 0.717) is 19.4 Å². The van der Waals surface area contributed by atoms with Gasteiger partial charge in [0.15, 0.2) is 0 Å². The van der Waals surface area contributed by atoms with Crippen LogP contribution in [0.2, 0.25) is 0 Å². The monoisotopic (exact) mass is 382 g/mol. The summed E-state index contributed by atoms with van der Waals surface area (Å²) in [5.74, 6) is -1.90. The first-order valence-corrected chi connectivity index (χ1v) is 10.2. The number of carboxylic acid groups (broad SMARTS) is 1. The third-order valence-electron chi connectivity index (χ3n) is 4.60. The molecule has 7 nitrogen and oxygen atoms in total. The largest absolute Gasteiger partial charge is 0.480 e. The molecular weight excluding hydrogens is 356 g/mol. The van der Waals surface area contributed by atoms with Gasteiger partial charge in [0.25, 0.3) is 0 Å². The number of carboxylic acids is 1. The van der Waals surface area contributed by atoms with Crippen molar-refractivity contribution in [3.05, 3.63) is 29.8 Å². The van der Waals surface area contributed by atoms with E-state index in [0.717, 1.165) is 5.56 Å². The molecule has 0 bridgehead atoms. The number of benzene rings is 1. The van der Waals surface area contributed by atoms with Gasteiger partial charge in [0.1, 0.15) is 6.54 Å². The van der Waals surface area contributed by atoms with E-state index in [1.165, 1.54) is 9.21 Å². The normalized spacial score (nSPS) is 18.7. The Balaban J connectivity index is 2.18. The van der Waals surface area contributed by atoms with E-state index in [-0.39, 0.29) is 29.9 Å². The molecule has 1 aromatic rings. The van der Waals surface area contributed by atoms with E-state index in [9.17, 15) is 18.0 Å². The van der Waals surface area contributed by atoms with Crippen molar-refractivity contribution in [3.63, 3.8) is 0 Å². The van der Waals surface area contributed by atoms with Crippen molar-refractivity contribution in [1.29, 1.82) is 0 Å². The van der Waals surface area contributed by atoms with Crippen LogP contribution in [0.4, 0.5) is 0 Å². The van der Waals surface area contributed by atoms with E-state index in [1.54, 1.807) is 38.1 Å². The lowest BCUT2D eigenvalue weighted by molar-refractivity contribution is -0.148. The van der Waals surface area contributed by atoms with E-state index in [4.69, 9.17) is 5.11 Å². The summed E-state index contributed by atoms with van der Waals surface area (Å²) in [6, 6.07) is 6.37. The average Bonchev–Trinajstić information content (AvgIpc) is 2.59. The van der Waals surface area contributed by atoms with E-state index in [2.05, 4.69) is 0 Å². The number of sulfonamides is 1. The Morgan fingerprint density at radius 2 is 1.88 bits per heavy atom. The van der Waals surface area contributed by atoms with Crippen LogP contribution in [0, 0.1) is 12.8 Å². The Morgan fingerprint density at radius 3 is 2.42 bits per heavy atom. The van der Waals surface area contributed by atoms with Gasteiger partial charge in [-0.25, -0.2) is 8.42 Å². The number of hydrogen-bond donors (Lipinski definition) is 1. The van der Waals surface area contributed by atoms with Crippen molar-refractivity contribution in [2.24, 2.45) is 5.92 Å². The van der Waals surface area contributed by atoms with Crippen LogP contribution >= 0.6 is 0 Å². The van der Waals surface area contributed by atoms with Gasteiger partial charge < -0.3 is 10.0 Å². The van der Waals surface area contributed by atoms with Crippen molar-refractivity contribution >= 4 is 21.9 Å². The van der Waals surface area contributed by atoms with Crippen molar-refractivity contribution in [2.45, 2.75) is 44.6 Å². The van der Waals surface area contributed by atoms with Gasteiger partial charge in [0, 0.05) is 19.1 Å². The van der Waals surface area contributed by atoms with Crippen LogP contribution in [0.25, 0.3) is 0 Å². The molecule has 1 amide bonds. The predicted molar refractivity (Wildman–Crippen MR) is 97.1 cm³/mol. The summed E-state index contributed by atoms with van der Waals surface area (Å²) >= 11 is 0. The Morgan fingerprint density at radius 1 is 1.27 bits per heavy atom. The fourth-order valence-corrected chi connectivity index (χ4v) is 4.64. The molecule has 1 fully saturated rings. The number of amides is 1. The predicted octanol–water partition coefficient (Wildman–Crippen LogP) is 1.72. The van der Waals surface area contributed by atoms with Crippen LogP contribution in [-0.4, -0.2) is 60.3 Å². The molecule has 26 heavy (non-hydrogen) atoms. The zero-order valence-corrected chi connectivity index (χ0v) is 16.2. The molecule has 1 atom stereocenters. The lowest BCUT2D eigenvalue weighted by Crippen LogP contribution is -2.49. The van der Waals surface area contributed by atoms with Gasteiger partial charge in [-0.2, -0.15) is 4.31 Å². The number of nitrogens with zero attached hydrogens (tertiary/aromatic N) is 2. The summed E-state index contributed by atoms with van der Waals surface area (Å²) in [6.45, 7) is 5.46. The fraction of sp³-hybridized carbons (Fsp3) is 0.556. The van der Waals surface area contributed by atoms with Gasteiger partial charge in [0.05, 0.1) is 10.8 Å². The summed E-state index contributed by atoms with van der Waals surface area (Å²) in [5.41, 5.74) is 0.969. The molecule has 1 heterocycles. The number of carbonyl (C=O) groups excluding carboxylic acids is 1. The van der Waals surface area contributed by atoms with E-state index < -0.39 is 21.9 Å². The molecular formula is C18H26N2O5S. The molecule has 2 rings (SSSR count). The quantitative estimate of drug-likeness (QED) is 0.808. The van der Waals surface area contributed by atoms with Gasteiger partial charge in [0.2, 0.25) is 15.9 Å². The van der Waals surface area contributed by atoms with Gasteiger partial charge in [-0.3, -0.25) is 9.59 Å². The minimum atomic E-state index is -3.67. The highest BCUT2D eigenvalue weighted by molar-refractivity contribution is 7.89. The highest BCUT2D eigenvalue weighted by atomic mass is 32.2. The third kappa shape index (κ3) is 4.62. The lowest BCUT2D eigenvalue weighted by atomic mass is 9.97. The van der Waals surface area contributed by atoms with Crippen molar-refractivity contribution in [1.82, 2.24) is 9.21 Å². The second kappa shape index (κ2) is 8.18. The maximum atomic E-state index is 12.9. The number of aliphatic carboxylic acids is 1. The summed E-state index contributed by atoms with van der Waals surface area (Å²) in [5, 5.41) is 9.03. The van der Waals surface area contributed by atoms with Gasteiger partial charge >= 0.3 is 5.97 Å². The molecule has 1 saturated heterocycles. The van der Waals surface area contributed by atoms with Crippen LogP contribution in [0.1, 0.15) is 32.3 Å². The Kier molecular flexibility index (Phi) is 6.41. The van der Waals surface area contributed by atoms with Gasteiger partial charge in [-0.1, -0.05) is 17.7 Å². The number of carbonyl (C=O) groups is 2. The minimum Gasteiger partial charge on any atom is -0.480 e. The first-order chi connectivity index (χ1) is 12.1. The van der Waals surface area contributed by atoms with Gasteiger partial charge in [-0.05, 0) is 45.7 Å². The molecule has 0 aliphatic carbocycles. The number of aryl methyl sites for hydroxylation is 1. The smallest absolute Gasteiger partial charge is 0.323 e. The van der Waals surface area contributed by atoms with Crippen molar-refractivity contribution in [3.8, 4) is 0 Å². The molecule has 0 aromatic heterocycles. The number of rotatable bonds is 6. The van der Waals surface area contributed by atoms with Crippen LogP contribution in [-0.2, 0) is 19.6 Å². The van der Waals surface area contributed by atoms with Crippen molar-refractivity contribution in [2.75, 3.05) is 19.6 Å². The zero-order chi connectivity index (χ0) is 19.5. The molecule has 1 aliphatic heterocycles. The van der Waals surface area contributed by atoms with Crippen LogP contribution < -0.4 is 0 Å². The molecule has 1 unspecified atom stereocenters.